The summed E-state index contributed by atoms with van der Waals surface area (Å²) in [6, 6.07) is 10.9. The molecule has 1 saturated heterocycles. The van der Waals surface area contributed by atoms with Gasteiger partial charge in [-0.1, -0.05) is 6.07 Å². The molecule has 1 unspecified atom stereocenters. The lowest BCUT2D eigenvalue weighted by molar-refractivity contribution is 0.0707. The van der Waals surface area contributed by atoms with E-state index in [9.17, 15) is 9.59 Å². The third-order valence-electron chi connectivity index (χ3n) is 5.40. The molecule has 150 valence electrons. The van der Waals surface area contributed by atoms with Crippen LogP contribution in [0.15, 0.2) is 48.8 Å². The van der Waals surface area contributed by atoms with Gasteiger partial charge in [-0.3, -0.25) is 4.79 Å². The lowest BCUT2D eigenvalue weighted by Gasteiger charge is -2.33. The number of carbonyl (C=O) groups is 2. The lowest BCUT2D eigenvalue weighted by Crippen LogP contribution is -2.39. The Kier molecular flexibility index (Phi) is 5.20. The minimum absolute atomic E-state index is 0.00591. The van der Waals surface area contributed by atoms with Crippen molar-refractivity contribution in [2.45, 2.75) is 18.8 Å². The smallest absolute Gasteiger partial charge is 0.321 e. The van der Waals surface area contributed by atoms with Crippen LogP contribution in [0.3, 0.4) is 0 Å². The van der Waals surface area contributed by atoms with Crippen molar-refractivity contribution in [1.82, 2.24) is 19.8 Å². The first-order valence-electron chi connectivity index (χ1n) is 9.82. The van der Waals surface area contributed by atoms with E-state index in [0.29, 0.717) is 17.8 Å². The number of hydrogen-bond donors (Lipinski definition) is 2. The van der Waals surface area contributed by atoms with Gasteiger partial charge in [0.15, 0.2) is 0 Å². The van der Waals surface area contributed by atoms with Crippen molar-refractivity contribution in [3.63, 3.8) is 0 Å². The molecule has 2 aromatic heterocycles. The molecule has 3 heterocycles. The molecule has 1 aliphatic heterocycles. The van der Waals surface area contributed by atoms with Gasteiger partial charge in [-0.2, -0.15) is 0 Å². The van der Waals surface area contributed by atoms with Gasteiger partial charge >= 0.3 is 6.03 Å². The van der Waals surface area contributed by atoms with Crippen LogP contribution in [-0.2, 0) is 0 Å². The van der Waals surface area contributed by atoms with Gasteiger partial charge in [0.25, 0.3) is 5.91 Å². The van der Waals surface area contributed by atoms with E-state index in [0.717, 1.165) is 30.4 Å². The number of benzene rings is 1. The molecule has 1 aliphatic rings. The summed E-state index contributed by atoms with van der Waals surface area (Å²) in [5.41, 5.74) is 3.31. The van der Waals surface area contributed by atoms with Gasteiger partial charge < -0.3 is 20.1 Å². The normalized spacial score (nSPS) is 16.6. The molecule has 3 aromatic rings. The molecule has 4 rings (SSSR count). The van der Waals surface area contributed by atoms with Gasteiger partial charge in [0.1, 0.15) is 5.65 Å². The fourth-order valence-corrected chi connectivity index (χ4v) is 3.88. The fourth-order valence-electron chi connectivity index (χ4n) is 3.88. The number of aromatic nitrogens is 2. The average molecular weight is 391 g/mol. The van der Waals surface area contributed by atoms with Gasteiger partial charge in [-0.15, -0.1) is 0 Å². The van der Waals surface area contributed by atoms with E-state index in [1.807, 2.05) is 17.2 Å². The summed E-state index contributed by atoms with van der Waals surface area (Å²) in [4.78, 5) is 36.0. The molecule has 1 fully saturated rings. The molecule has 7 heteroatoms. The second-order valence-electron chi connectivity index (χ2n) is 7.64. The summed E-state index contributed by atoms with van der Waals surface area (Å²) in [6.45, 7) is 1.42. The second kappa shape index (κ2) is 7.95. The first-order chi connectivity index (χ1) is 14.0. The van der Waals surface area contributed by atoms with Crippen molar-refractivity contribution >= 4 is 28.7 Å². The number of nitrogens with one attached hydrogen (secondary N) is 2. The van der Waals surface area contributed by atoms with Gasteiger partial charge in [0, 0.05) is 62.1 Å². The highest BCUT2D eigenvalue weighted by Gasteiger charge is 2.27. The quantitative estimate of drug-likeness (QED) is 0.715. The number of fused-ring (bicyclic) bond motifs is 1. The first kappa shape index (κ1) is 19.0. The number of anilines is 1. The molecular weight excluding hydrogens is 366 g/mol. The zero-order valence-corrected chi connectivity index (χ0v) is 16.7. The molecule has 0 radical (unpaired) electrons. The number of hydrogen-bond acceptors (Lipinski definition) is 3. The molecule has 0 aliphatic carbocycles. The Balaban J connectivity index is 1.51. The number of nitrogens with zero attached hydrogens (tertiary/aromatic N) is 3. The van der Waals surface area contributed by atoms with Crippen LogP contribution in [0.25, 0.3) is 11.0 Å². The standard InChI is InChI=1S/C22H25N5O2/c1-26(2)22(29)25-17-8-3-6-15(12-17)21(28)27-11-5-7-16(14-27)19-13-24-20-18(19)9-4-10-23-20/h3-4,6,8-10,12-13,16H,5,7,11,14H2,1-2H3,(H,23,24)(H,25,29). The molecule has 0 bridgehead atoms. The highest BCUT2D eigenvalue weighted by Crippen LogP contribution is 2.32. The number of urea groups is 1. The Labute approximate surface area is 169 Å². The van der Waals surface area contributed by atoms with Crippen LogP contribution >= 0.6 is 0 Å². The zero-order valence-electron chi connectivity index (χ0n) is 16.7. The number of rotatable bonds is 3. The summed E-state index contributed by atoms with van der Waals surface area (Å²) < 4.78 is 0. The van der Waals surface area contributed by atoms with E-state index in [4.69, 9.17) is 0 Å². The van der Waals surface area contributed by atoms with E-state index >= 15 is 0 Å². The molecule has 2 N–H and O–H groups in total. The van der Waals surface area contributed by atoms with Gasteiger partial charge in [-0.05, 0) is 48.7 Å². The van der Waals surface area contributed by atoms with Crippen LogP contribution in [-0.4, -0.2) is 58.9 Å². The highest BCUT2D eigenvalue weighted by molar-refractivity contribution is 5.97. The van der Waals surface area contributed by atoms with E-state index in [1.165, 1.54) is 10.5 Å². The third-order valence-corrected chi connectivity index (χ3v) is 5.40. The molecule has 0 saturated carbocycles. The van der Waals surface area contributed by atoms with Gasteiger partial charge in [-0.25, -0.2) is 9.78 Å². The number of piperidine rings is 1. The Hall–Kier alpha value is -3.35. The molecule has 1 atom stereocenters. The first-order valence-corrected chi connectivity index (χ1v) is 9.82. The largest absolute Gasteiger partial charge is 0.346 e. The SMILES string of the molecule is CN(C)C(=O)Nc1cccc(C(=O)N2CCCC(c3c[nH]c4ncccc34)C2)c1. The van der Waals surface area contributed by atoms with E-state index in [2.05, 4.69) is 21.4 Å². The van der Waals surface area contributed by atoms with Crippen molar-refractivity contribution in [3.8, 4) is 0 Å². The molecule has 29 heavy (non-hydrogen) atoms. The Morgan fingerprint density at radius 1 is 1.24 bits per heavy atom. The van der Waals surface area contributed by atoms with Crippen LogP contribution in [0, 0.1) is 0 Å². The summed E-state index contributed by atoms with van der Waals surface area (Å²) in [5, 5.41) is 3.92. The number of aromatic amines is 1. The maximum Gasteiger partial charge on any atom is 0.321 e. The summed E-state index contributed by atoms with van der Waals surface area (Å²) in [6.07, 6.45) is 5.81. The van der Waals surface area contributed by atoms with Crippen LogP contribution in [0.5, 0.6) is 0 Å². The van der Waals surface area contributed by atoms with Crippen molar-refractivity contribution in [3.05, 3.63) is 59.9 Å². The minimum atomic E-state index is -0.222. The lowest BCUT2D eigenvalue weighted by atomic mass is 9.90. The van der Waals surface area contributed by atoms with Crippen molar-refractivity contribution < 1.29 is 9.59 Å². The van der Waals surface area contributed by atoms with Crippen molar-refractivity contribution in [2.75, 3.05) is 32.5 Å². The summed E-state index contributed by atoms with van der Waals surface area (Å²) in [5.74, 6) is 0.274. The Morgan fingerprint density at radius 2 is 2.10 bits per heavy atom. The van der Waals surface area contributed by atoms with E-state index in [-0.39, 0.29) is 17.9 Å². The second-order valence-corrected chi connectivity index (χ2v) is 7.64. The molecule has 0 spiro atoms. The molecule has 1 aromatic carbocycles. The van der Waals surface area contributed by atoms with E-state index < -0.39 is 0 Å². The molecule has 7 nitrogen and oxygen atoms in total. The van der Waals surface area contributed by atoms with Crippen LogP contribution < -0.4 is 5.32 Å². The van der Waals surface area contributed by atoms with Crippen LogP contribution in [0.1, 0.15) is 34.7 Å². The maximum absolute atomic E-state index is 13.1. The molecule has 3 amide bonds. The monoisotopic (exact) mass is 391 g/mol. The number of pyridine rings is 1. The third kappa shape index (κ3) is 3.94. The minimum Gasteiger partial charge on any atom is -0.346 e. The highest BCUT2D eigenvalue weighted by atomic mass is 16.2. The number of amides is 3. The van der Waals surface area contributed by atoms with Crippen LogP contribution in [0.4, 0.5) is 10.5 Å². The Morgan fingerprint density at radius 3 is 2.93 bits per heavy atom. The predicted octanol–water partition coefficient (Wildman–Crippen LogP) is 3.68. The Bertz CT molecular complexity index is 1040. The number of H-pyrrole nitrogens is 1. The summed E-state index contributed by atoms with van der Waals surface area (Å²) >= 11 is 0. The van der Waals surface area contributed by atoms with Crippen molar-refractivity contribution in [1.29, 1.82) is 0 Å². The predicted molar refractivity (Wildman–Crippen MR) is 113 cm³/mol. The topological polar surface area (TPSA) is 81.3 Å². The van der Waals surface area contributed by atoms with Gasteiger partial charge in [0.05, 0.1) is 0 Å². The number of carbonyl (C=O) groups excluding carboxylic acids is 2. The zero-order chi connectivity index (χ0) is 20.4. The fraction of sp³-hybridized carbons (Fsp3) is 0.318. The number of likely N-dealkylation sites (tertiary alicyclic amines) is 1. The summed E-state index contributed by atoms with van der Waals surface area (Å²) in [7, 11) is 3.36. The maximum atomic E-state index is 13.1. The van der Waals surface area contributed by atoms with E-state index in [1.54, 1.807) is 44.6 Å². The van der Waals surface area contributed by atoms with Gasteiger partial charge in [0.2, 0.25) is 0 Å². The molecular formula is C22H25N5O2. The average Bonchev–Trinajstić information content (AvgIpc) is 3.17. The van der Waals surface area contributed by atoms with Crippen molar-refractivity contribution in [2.24, 2.45) is 0 Å². The van der Waals surface area contributed by atoms with Crippen LogP contribution in [0.2, 0.25) is 0 Å².